The number of nitrogens with one attached hydrogen (secondary N) is 1. The predicted molar refractivity (Wildman–Crippen MR) is 76.1 cm³/mol. The molecule has 6 heteroatoms. The number of carboxylic acids is 1. The zero-order chi connectivity index (χ0) is 15.9. The molecule has 2 amide bonds. The summed E-state index contributed by atoms with van der Waals surface area (Å²) in [7, 11) is 1.59. The number of hydrogen-bond donors (Lipinski definition) is 2. The van der Waals surface area contributed by atoms with Crippen molar-refractivity contribution < 1.29 is 19.5 Å². The highest BCUT2D eigenvalue weighted by atomic mass is 16.4. The third-order valence-corrected chi connectivity index (χ3v) is 2.93. The van der Waals surface area contributed by atoms with Crippen molar-refractivity contribution in [1.82, 2.24) is 10.2 Å². The minimum atomic E-state index is -0.915. The maximum absolute atomic E-state index is 11.8. The van der Waals surface area contributed by atoms with Crippen LogP contribution in [-0.2, 0) is 14.4 Å². The Morgan fingerprint density at radius 1 is 1.25 bits per heavy atom. The lowest BCUT2D eigenvalue weighted by atomic mass is 9.96. The number of carbonyl (C=O) groups is 3. The number of aliphatic carboxylic acids is 1. The molecular weight excluding hydrogens is 260 g/mol. The topological polar surface area (TPSA) is 86.7 Å². The Morgan fingerprint density at radius 2 is 1.80 bits per heavy atom. The Hall–Kier alpha value is -1.59. The van der Waals surface area contributed by atoms with Gasteiger partial charge in [0.15, 0.2) is 0 Å². The second-order valence-electron chi connectivity index (χ2n) is 6.12. The van der Waals surface area contributed by atoms with E-state index in [1.54, 1.807) is 14.0 Å². The van der Waals surface area contributed by atoms with E-state index >= 15 is 0 Å². The van der Waals surface area contributed by atoms with E-state index in [0.29, 0.717) is 19.4 Å². The molecule has 20 heavy (non-hydrogen) atoms. The second-order valence-corrected chi connectivity index (χ2v) is 6.12. The van der Waals surface area contributed by atoms with Crippen molar-refractivity contribution in [2.45, 2.75) is 40.5 Å². The van der Waals surface area contributed by atoms with Gasteiger partial charge in [0.05, 0.1) is 5.92 Å². The standard InChI is InChI=1S/C14H26N2O4/c1-10(12(18)19)9-16(5)11(17)7-6-8-15-13(20)14(2,3)4/h10H,6-9H2,1-5H3,(H,15,20)(H,18,19). The molecule has 0 aliphatic heterocycles. The number of carboxylic acid groups (broad SMARTS) is 1. The van der Waals surface area contributed by atoms with E-state index in [4.69, 9.17) is 5.11 Å². The quantitative estimate of drug-likeness (QED) is 0.686. The molecule has 6 nitrogen and oxygen atoms in total. The highest BCUT2D eigenvalue weighted by Gasteiger charge is 2.21. The zero-order valence-corrected chi connectivity index (χ0v) is 13.0. The average Bonchev–Trinajstić information content (AvgIpc) is 2.32. The molecule has 1 unspecified atom stereocenters. The third-order valence-electron chi connectivity index (χ3n) is 2.93. The van der Waals surface area contributed by atoms with Crippen LogP contribution in [0.4, 0.5) is 0 Å². The van der Waals surface area contributed by atoms with Gasteiger partial charge >= 0.3 is 5.97 Å². The highest BCUT2D eigenvalue weighted by molar-refractivity contribution is 5.81. The molecule has 0 aliphatic carbocycles. The summed E-state index contributed by atoms with van der Waals surface area (Å²) in [6, 6.07) is 0. The minimum Gasteiger partial charge on any atom is -0.481 e. The molecule has 0 bridgehead atoms. The van der Waals surface area contributed by atoms with Gasteiger partial charge in [-0.15, -0.1) is 0 Å². The van der Waals surface area contributed by atoms with E-state index in [-0.39, 0.29) is 18.4 Å². The van der Waals surface area contributed by atoms with Gasteiger partial charge in [-0.1, -0.05) is 27.7 Å². The van der Waals surface area contributed by atoms with Crippen LogP contribution >= 0.6 is 0 Å². The number of nitrogens with zero attached hydrogens (tertiary/aromatic N) is 1. The fourth-order valence-electron chi connectivity index (χ4n) is 1.49. The third kappa shape index (κ3) is 7.11. The lowest BCUT2D eigenvalue weighted by Gasteiger charge is -2.20. The van der Waals surface area contributed by atoms with Gasteiger partial charge < -0.3 is 15.3 Å². The van der Waals surface area contributed by atoms with E-state index in [2.05, 4.69) is 5.32 Å². The van der Waals surface area contributed by atoms with Crippen LogP contribution in [0.25, 0.3) is 0 Å². The first-order chi connectivity index (χ1) is 9.05. The summed E-state index contributed by atoms with van der Waals surface area (Å²) >= 11 is 0. The predicted octanol–water partition coefficient (Wildman–Crippen LogP) is 1.11. The Labute approximate surface area is 120 Å². The van der Waals surface area contributed by atoms with E-state index in [1.165, 1.54) is 4.90 Å². The molecule has 0 aliphatic rings. The lowest BCUT2D eigenvalue weighted by molar-refractivity contribution is -0.142. The van der Waals surface area contributed by atoms with Crippen LogP contribution in [0.5, 0.6) is 0 Å². The fourth-order valence-corrected chi connectivity index (χ4v) is 1.49. The number of carbonyl (C=O) groups excluding carboxylic acids is 2. The molecule has 0 saturated heterocycles. The molecule has 0 radical (unpaired) electrons. The van der Waals surface area contributed by atoms with Crippen molar-refractivity contribution in [3.05, 3.63) is 0 Å². The summed E-state index contributed by atoms with van der Waals surface area (Å²) in [6.45, 7) is 7.69. The highest BCUT2D eigenvalue weighted by Crippen LogP contribution is 2.12. The van der Waals surface area contributed by atoms with Gasteiger partial charge in [-0.25, -0.2) is 0 Å². The van der Waals surface area contributed by atoms with Gasteiger partial charge in [0.1, 0.15) is 0 Å². The summed E-state index contributed by atoms with van der Waals surface area (Å²) < 4.78 is 0. The summed E-state index contributed by atoms with van der Waals surface area (Å²) in [6.07, 6.45) is 0.847. The molecule has 0 saturated carbocycles. The molecule has 0 aromatic carbocycles. The Morgan fingerprint density at radius 3 is 2.25 bits per heavy atom. The fraction of sp³-hybridized carbons (Fsp3) is 0.786. The molecule has 2 N–H and O–H groups in total. The Bertz CT molecular complexity index is 361. The second kappa shape index (κ2) is 7.87. The molecule has 0 aromatic heterocycles. The number of amides is 2. The summed E-state index contributed by atoms with van der Waals surface area (Å²) in [5, 5.41) is 11.6. The summed E-state index contributed by atoms with van der Waals surface area (Å²) in [4.78, 5) is 35.5. The summed E-state index contributed by atoms with van der Waals surface area (Å²) in [5.74, 6) is -1.65. The maximum Gasteiger partial charge on any atom is 0.308 e. The van der Waals surface area contributed by atoms with Gasteiger partial charge in [0.2, 0.25) is 11.8 Å². The van der Waals surface area contributed by atoms with Crippen molar-refractivity contribution in [3.8, 4) is 0 Å². The van der Waals surface area contributed by atoms with Gasteiger partial charge in [0.25, 0.3) is 0 Å². The van der Waals surface area contributed by atoms with Crippen molar-refractivity contribution in [2.24, 2.45) is 11.3 Å². The maximum atomic E-state index is 11.8. The average molecular weight is 286 g/mol. The van der Waals surface area contributed by atoms with E-state index in [1.807, 2.05) is 20.8 Å². The zero-order valence-electron chi connectivity index (χ0n) is 13.0. The molecule has 0 rings (SSSR count). The SMILES string of the molecule is CC(CN(C)C(=O)CCCNC(=O)C(C)(C)C)C(=O)O. The first-order valence-corrected chi connectivity index (χ1v) is 6.80. The van der Waals surface area contributed by atoms with Crippen LogP contribution in [0.1, 0.15) is 40.5 Å². The van der Waals surface area contributed by atoms with Crippen LogP contribution in [0.3, 0.4) is 0 Å². The monoisotopic (exact) mass is 286 g/mol. The normalized spacial score (nSPS) is 12.7. The first-order valence-electron chi connectivity index (χ1n) is 6.80. The van der Waals surface area contributed by atoms with Crippen LogP contribution in [0, 0.1) is 11.3 Å². The smallest absolute Gasteiger partial charge is 0.308 e. The first kappa shape index (κ1) is 18.4. The van der Waals surface area contributed by atoms with E-state index < -0.39 is 17.3 Å². The number of rotatable bonds is 7. The molecule has 116 valence electrons. The van der Waals surface area contributed by atoms with Gasteiger partial charge in [-0.3, -0.25) is 14.4 Å². The number of hydrogen-bond acceptors (Lipinski definition) is 3. The van der Waals surface area contributed by atoms with Gasteiger partial charge in [0, 0.05) is 32.0 Å². The molecule has 1 atom stereocenters. The van der Waals surface area contributed by atoms with Crippen LogP contribution in [0.2, 0.25) is 0 Å². The molecule has 0 heterocycles. The largest absolute Gasteiger partial charge is 0.481 e. The Kier molecular flexibility index (Phi) is 7.24. The van der Waals surface area contributed by atoms with Crippen molar-refractivity contribution >= 4 is 17.8 Å². The molecular formula is C14H26N2O4. The van der Waals surface area contributed by atoms with Crippen molar-refractivity contribution in [3.63, 3.8) is 0 Å². The van der Waals surface area contributed by atoms with Crippen molar-refractivity contribution in [2.75, 3.05) is 20.1 Å². The molecule has 0 fully saturated rings. The van der Waals surface area contributed by atoms with Crippen molar-refractivity contribution in [1.29, 1.82) is 0 Å². The molecule has 0 aromatic rings. The minimum absolute atomic E-state index is 0.0437. The van der Waals surface area contributed by atoms with E-state index in [9.17, 15) is 14.4 Å². The van der Waals surface area contributed by atoms with Crippen LogP contribution in [-0.4, -0.2) is 47.9 Å². The van der Waals surface area contributed by atoms with Crippen LogP contribution < -0.4 is 5.32 Å². The van der Waals surface area contributed by atoms with E-state index in [0.717, 1.165) is 0 Å². The lowest BCUT2D eigenvalue weighted by Crippen LogP contribution is -2.36. The summed E-state index contributed by atoms with van der Waals surface area (Å²) in [5.41, 5.74) is -0.433. The Balaban J connectivity index is 3.94. The van der Waals surface area contributed by atoms with Crippen LogP contribution in [0.15, 0.2) is 0 Å². The molecule has 0 spiro atoms. The van der Waals surface area contributed by atoms with Gasteiger partial charge in [-0.05, 0) is 6.42 Å². The van der Waals surface area contributed by atoms with Gasteiger partial charge in [-0.2, -0.15) is 0 Å².